The Morgan fingerprint density at radius 1 is 1.21 bits per heavy atom. The lowest BCUT2D eigenvalue weighted by atomic mass is 10.0. The zero-order valence-electron chi connectivity index (χ0n) is 13.4. The van der Waals surface area contributed by atoms with Crippen LogP contribution in [0.15, 0.2) is 0 Å². The van der Waals surface area contributed by atoms with E-state index in [4.69, 9.17) is 5.73 Å². The SMILES string of the molecule is CCCCCCCC(CN)N1CCCC1CN(C)C. The van der Waals surface area contributed by atoms with Gasteiger partial charge in [0, 0.05) is 25.2 Å². The van der Waals surface area contributed by atoms with Gasteiger partial charge in [0.15, 0.2) is 0 Å². The van der Waals surface area contributed by atoms with E-state index in [1.165, 1.54) is 64.5 Å². The molecule has 19 heavy (non-hydrogen) atoms. The van der Waals surface area contributed by atoms with E-state index >= 15 is 0 Å². The Hall–Kier alpha value is -0.120. The van der Waals surface area contributed by atoms with Gasteiger partial charge in [-0.25, -0.2) is 0 Å². The summed E-state index contributed by atoms with van der Waals surface area (Å²) in [5.74, 6) is 0. The molecule has 3 nitrogen and oxygen atoms in total. The van der Waals surface area contributed by atoms with Gasteiger partial charge in [-0.15, -0.1) is 0 Å². The van der Waals surface area contributed by atoms with Gasteiger partial charge in [0.05, 0.1) is 0 Å². The summed E-state index contributed by atoms with van der Waals surface area (Å²) < 4.78 is 0. The van der Waals surface area contributed by atoms with Crippen molar-refractivity contribution in [2.24, 2.45) is 5.73 Å². The number of hydrogen-bond donors (Lipinski definition) is 1. The Balaban J connectivity index is 2.31. The van der Waals surface area contributed by atoms with Crippen LogP contribution in [0.3, 0.4) is 0 Å². The maximum absolute atomic E-state index is 6.03. The predicted octanol–water partition coefficient (Wildman–Crippen LogP) is 2.70. The number of nitrogens with zero attached hydrogens (tertiary/aromatic N) is 2. The minimum atomic E-state index is 0.620. The molecule has 1 saturated heterocycles. The molecule has 114 valence electrons. The molecule has 0 saturated carbocycles. The van der Waals surface area contributed by atoms with E-state index in [0.29, 0.717) is 6.04 Å². The monoisotopic (exact) mass is 269 g/mol. The largest absolute Gasteiger partial charge is 0.329 e. The molecule has 1 fully saturated rings. The molecule has 3 heteroatoms. The fourth-order valence-electron chi connectivity index (χ4n) is 3.36. The minimum absolute atomic E-state index is 0.620. The molecule has 0 spiro atoms. The molecule has 0 aromatic rings. The van der Waals surface area contributed by atoms with Crippen LogP contribution in [0, 0.1) is 0 Å². The van der Waals surface area contributed by atoms with E-state index in [9.17, 15) is 0 Å². The Labute approximate surface area is 120 Å². The maximum atomic E-state index is 6.03. The van der Waals surface area contributed by atoms with Crippen LogP contribution in [0.2, 0.25) is 0 Å². The summed E-state index contributed by atoms with van der Waals surface area (Å²) in [5.41, 5.74) is 6.03. The third-order valence-corrected chi connectivity index (χ3v) is 4.38. The normalized spacial score (nSPS) is 22.3. The van der Waals surface area contributed by atoms with Crippen LogP contribution in [0.4, 0.5) is 0 Å². The first-order valence-electron chi connectivity index (χ1n) is 8.29. The first-order chi connectivity index (χ1) is 9.19. The van der Waals surface area contributed by atoms with Crippen molar-refractivity contribution in [3.63, 3.8) is 0 Å². The van der Waals surface area contributed by atoms with Crippen LogP contribution in [-0.2, 0) is 0 Å². The van der Waals surface area contributed by atoms with Gasteiger partial charge in [0.2, 0.25) is 0 Å². The first kappa shape index (κ1) is 16.9. The van der Waals surface area contributed by atoms with Gasteiger partial charge in [-0.05, 0) is 39.9 Å². The van der Waals surface area contributed by atoms with E-state index in [2.05, 4.69) is 30.8 Å². The van der Waals surface area contributed by atoms with Crippen LogP contribution < -0.4 is 5.73 Å². The summed E-state index contributed by atoms with van der Waals surface area (Å²) in [6.07, 6.45) is 10.9. The second-order valence-electron chi connectivity index (χ2n) is 6.39. The van der Waals surface area contributed by atoms with Crippen LogP contribution in [-0.4, -0.2) is 55.6 Å². The van der Waals surface area contributed by atoms with Crippen molar-refractivity contribution < 1.29 is 0 Å². The molecule has 1 rings (SSSR count). The molecule has 0 aromatic heterocycles. The highest BCUT2D eigenvalue weighted by Crippen LogP contribution is 2.23. The summed E-state index contributed by atoms with van der Waals surface area (Å²) in [4.78, 5) is 5.01. The van der Waals surface area contributed by atoms with Gasteiger partial charge in [0.1, 0.15) is 0 Å². The zero-order valence-corrected chi connectivity index (χ0v) is 13.4. The van der Waals surface area contributed by atoms with E-state index in [1.54, 1.807) is 0 Å². The number of rotatable bonds is 10. The maximum Gasteiger partial charge on any atom is 0.0226 e. The average Bonchev–Trinajstić information content (AvgIpc) is 2.81. The average molecular weight is 269 g/mol. The van der Waals surface area contributed by atoms with Gasteiger partial charge in [-0.3, -0.25) is 4.90 Å². The molecule has 0 bridgehead atoms. The fourth-order valence-corrected chi connectivity index (χ4v) is 3.36. The third-order valence-electron chi connectivity index (χ3n) is 4.38. The first-order valence-corrected chi connectivity index (χ1v) is 8.29. The summed E-state index contributed by atoms with van der Waals surface area (Å²) in [6, 6.07) is 1.35. The minimum Gasteiger partial charge on any atom is -0.329 e. The summed E-state index contributed by atoms with van der Waals surface area (Å²) in [6.45, 7) is 5.55. The zero-order chi connectivity index (χ0) is 14.1. The molecule has 1 heterocycles. The van der Waals surface area contributed by atoms with E-state index in [0.717, 1.165) is 12.6 Å². The van der Waals surface area contributed by atoms with Gasteiger partial charge >= 0.3 is 0 Å². The lowest BCUT2D eigenvalue weighted by molar-refractivity contribution is 0.146. The van der Waals surface area contributed by atoms with Crippen molar-refractivity contribution in [2.75, 3.05) is 33.7 Å². The topological polar surface area (TPSA) is 32.5 Å². The Morgan fingerprint density at radius 2 is 1.95 bits per heavy atom. The fraction of sp³-hybridized carbons (Fsp3) is 1.00. The highest BCUT2D eigenvalue weighted by atomic mass is 15.2. The van der Waals surface area contributed by atoms with Gasteiger partial charge in [-0.1, -0.05) is 39.0 Å². The molecule has 2 unspecified atom stereocenters. The molecule has 0 radical (unpaired) electrons. The van der Waals surface area contributed by atoms with E-state index < -0.39 is 0 Å². The number of hydrogen-bond acceptors (Lipinski definition) is 3. The van der Waals surface area contributed by atoms with Gasteiger partial charge < -0.3 is 10.6 Å². The molecule has 1 aliphatic heterocycles. The summed E-state index contributed by atoms with van der Waals surface area (Å²) in [5, 5.41) is 0. The van der Waals surface area contributed by atoms with Gasteiger partial charge in [-0.2, -0.15) is 0 Å². The van der Waals surface area contributed by atoms with Crippen LogP contribution >= 0.6 is 0 Å². The lowest BCUT2D eigenvalue weighted by Gasteiger charge is -2.34. The summed E-state index contributed by atoms with van der Waals surface area (Å²) in [7, 11) is 4.36. The van der Waals surface area contributed by atoms with Crippen LogP contribution in [0.25, 0.3) is 0 Å². The number of unbranched alkanes of at least 4 members (excludes halogenated alkanes) is 4. The standard InChI is InChI=1S/C16H35N3/c1-4-5-6-7-8-10-15(13-17)19-12-9-11-16(19)14-18(2)3/h15-16H,4-14,17H2,1-3H3. The van der Waals surface area contributed by atoms with Crippen molar-refractivity contribution in [3.05, 3.63) is 0 Å². The molecule has 0 amide bonds. The van der Waals surface area contributed by atoms with E-state index in [-0.39, 0.29) is 0 Å². The van der Waals surface area contributed by atoms with Crippen molar-refractivity contribution in [3.8, 4) is 0 Å². The Kier molecular flexibility index (Phi) is 8.67. The number of nitrogens with two attached hydrogens (primary N) is 1. The highest BCUT2D eigenvalue weighted by Gasteiger charge is 2.29. The third kappa shape index (κ3) is 6.24. The Bertz CT molecular complexity index is 218. The Morgan fingerprint density at radius 3 is 2.58 bits per heavy atom. The lowest BCUT2D eigenvalue weighted by Crippen LogP contribution is -2.47. The second kappa shape index (κ2) is 9.73. The number of likely N-dealkylation sites (tertiary alicyclic amines) is 1. The number of likely N-dealkylation sites (N-methyl/N-ethyl adjacent to an activating group) is 1. The highest BCUT2D eigenvalue weighted by molar-refractivity contribution is 4.86. The van der Waals surface area contributed by atoms with Crippen LogP contribution in [0.5, 0.6) is 0 Å². The smallest absolute Gasteiger partial charge is 0.0226 e. The summed E-state index contributed by atoms with van der Waals surface area (Å²) >= 11 is 0. The van der Waals surface area contributed by atoms with Gasteiger partial charge in [0.25, 0.3) is 0 Å². The van der Waals surface area contributed by atoms with Crippen molar-refractivity contribution in [2.45, 2.75) is 70.4 Å². The van der Waals surface area contributed by atoms with Crippen molar-refractivity contribution >= 4 is 0 Å². The second-order valence-corrected chi connectivity index (χ2v) is 6.39. The molecular formula is C16H35N3. The van der Waals surface area contributed by atoms with Crippen molar-refractivity contribution in [1.29, 1.82) is 0 Å². The molecule has 2 atom stereocenters. The van der Waals surface area contributed by atoms with Crippen molar-refractivity contribution in [1.82, 2.24) is 9.80 Å². The predicted molar refractivity (Wildman–Crippen MR) is 84.5 cm³/mol. The molecular weight excluding hydrogens is 234 g/mol. The molecule has 0 aromatic carbocycles. The van der Waals surface area contributed by atoms with E-state index in [1.807, 2.05) is 0 Å². The molecule has 0 aliphatic carbocycles. The van der Waals surface area contributed by atoms with Crippen LogP contribution in [0.1, 0.15) is 58.3 Å². The molecule has 1 aliphatic rings. The molecule has 2 N–H and O–H groups in total. The quantitative estimate of drug-likeness (QED) is 0.619.